The van der Waals surface area contributed by atoms with E-state index in [4.69, 9.17) is 10.8 Å². The summed E-state index contributed by atoms with van der Waals surface area (Å²) in [4.78, 5) is 34.0. The highest BCUT2D eigenvalue weighted by Crippen LogP contribution is 2.69. The third-order valence-electron chi connectivity index (χ3n) is 8.64. The Bertz CT molecular complexity index is 992. The summed E-state index contributed by atoms with van der Waals surface area (Å²) in [5, 5.41) is 6.97. The fourth-order valence-electron chi connectivity index (χ4n) is 7.02. The second-order valence-electron chi connectivity index (χ2n) is 10.3. The fourth-order valence-corrected chi connectivity index (χ4v) is 7.92. The van der Waals surface area contributed by atoms with E-state index in [0.29, 0.717) is 25.7 Å². The first-order chi connectivity index (χ1) is 17.5. The molecule has 4 rings (SSSR count). The molecule has 6 unspecified atom stereocenters. The highest BCUT2D eigenvalue weighted by Gasteiger charge is 2.71. The Hall–Kier alpha value is -1.89. The maximum atomic E-state index is 17.0. The van der Waals surface area contributed by atoms with E-state index in [9.17, 15) is 18.8 Å². The summed E-state index contributed by atoms with van der Waals surface area (Å²) in [6.07, 6.45) is 5.69. The Morgan fingerprint density at radius 1 is 1.27 bits per heavy atom. The topological polar surface area (TPSA) is 97.5 Å². The van der Waals surface area contributed by atoms with E-state index >= 15 is 8.78 Å². The fraction of sp³-hybridized carbons (Fsp3) is 0.679. The molecule has 206 valence electrons. The van der Waals surface area contributed by atoms with Gasteiger partial charge in [-0.1, -0.05) is 43.5 Å². The number of alkyl halides is 3. The molecule has 37 heavy (non-hydrogen) atoms. The molecule has 8 atom stereocenters. The molecule has 4 aliphatic rings. The minimum atomic E-state index is -1.89. The summed E-state index contributed by atoms with van der Waals surface area (Å²) < 4.78 is 44.5. The average molecular weight is 542 g/mol. The smallest absolute Gasteiger partial charge is 0.193 e. The van der Waals surface area contributed by atoms with Gasteiger partial charge in [0.2, 0.25) is 0 Å². The second-order valence-corrected chi connectivity index (χ2v) is 11.3. The third-order valence-corrected chi connectivity index (χ3v) is 9.49. The van der Waals surface area contributed by atoms with Crippen molar-refractivity contribution in [2.75, 3.05) is 19.5 Å². The van der Waals surface area contributed by atoms with Crippen LogP contribution in [-0.2, 0) is 14.4 Å². The van der Waals surface area contributed by atoms with Crippen molar-refractivity contribution in [3.8, 4) is 11.8 Å². The molecule has 0 aromatic rings. The molecule has 3 N–H and O–H groups in total. The normalized spacial score (nSPS) is 39.1. The minimum absolute atomic E-state index is 0.0248. The Morgan fingerprint density at radius 3 is 2.51 bits per heavy atom. The average Bonchev–Trinajstić information content (AvgIpc) is 3.22. The first-order valence-electron chi connectivity index (χ1n) is 12.6. The highest BCUT2D eigenvalue weighted by molar-refractivity contribution is 8.13. The van der Waals surface area contributed by atoms with Crippen molar-refractivity contribution in [2.24, 2.45) is 34.3 Å². The van der Waals surface area contributed by atoms with Crippen molar-refractivity contribution in [3.05, 3.63) is 23.8 Å². The predicted octanol–water partition coefficient (Wildman–Crippen LogP) is 4.32. The molecule has 5 nitrogen and oxygen atoms in total. The number of hydrogen-bond donors (Lipinski definition) is 2. The van der Waals surface area contributed by atoms with Crippen molar-refractivity contribution >= 4 is 28.9 Å². The Morgan fingerprint density at radius 2 is 1.92 bits per heavy atom. The summed E-state index contributed by atoms with van der Waals surface area (Å²) in [5.74, 6) is 3.71. The van der Waals surface area contributed by atoms with Crippen LogP contribution < -0.4 is 5.73 Å². The van der Waals surface area contributed by atoms with E-state index in [0.717, 1.165) is 25.2 Å². The first-order valence-corrected chi connectivity index (χ1v) is 13.6. The molecule has 0 spiro atoms. The van der Waals surface area contributed by atoms with Crippen molar-refractivity contribution in [1.82, 2.24) is 0 Å². The number of ketones is 1. The van der Waals surface area contributed by atoms with E-state index in [2.05, 4.69) is 11.8 Å². The minimum Gasteiger partial charge on any atom is -0.400 e. The van der Waals surface area contributed by atoms with Gasteiger partial charge in [-0.3, -0.25) is 9.59 Å². The van der Waals surface area contributed by atoms with Crippen LogP contribution in [0.4, 0.5) is 13.2 Å². The monoisotopic (exact) mass is 541 g/mol. The molecule has 0 aliphatic heterocycles. The molecule has 4 aliphatic carbocycles. The van der Waals surface area contributed by atoms with Gasteiger partial charge in [0.15, 0.2) is 10.9 Å². The zero-order valence-electron chi connectivity index (χ0n) is 21.9. The number of halogens is 3. The number of aliphatic hydroxyl groups excluding tert-OH is 1. The Kier molecular flexibility index (Phi) is 10.8. The molecule has 0 bridgehead atoms. The number of carbonyl (C=O) groups is 3. The summed E-state index contributed by atoms with van der Waals surface area (Å²) in [7, 11) is 1.00. The van der Waals surface area contributed by atoms with Crippen molar-refractivity contribution in [1.29, 1.82) is 0 Å². The van der Waals surface area contributed by atoms with Crippen LogP contribution in [-0.4, -0.2) is 59.7 Å². The van der Waals surface area contributed by atoms with E-state index in [1.165, 1.54) is 18.2 Å². The Balaban J connectivity index is 0.000000733. The van der Waals surface area contributed by atoms with Crippen LogP contribution in [0.2, 0.25) is 0 Å². The van der Waals surface area contributed by atoms with Crippen LogP contribution >= 0.6 is 11.8 Å². The van der Waals surface area contributed by atoms with Gasteiger partial charge in [-0.2, -0.15) is 0 Å². The number of aldehydes is 1. The molecule has 3 saturated carbocycles. The lowest BCUT2D eigenvalue weighted by atomic mass is 9.44. The van der Waals surface area contributed by atoms with E-state index in [-0.39, 0.29) is 40.5 Å². The van der Waals surface area contributed by atoms with Gasteiger partial charge in [0.1, 0.15) is 24.8 Å². The SMILES string of the molecule is CC12CC(N)[C@@]3(F)C(C[C@H](F)C4=CC(=O)C=CC43C)C1CCC2C(=O)SCC#CCF.CCC=O.CO. The number of thioether (sulfide) groups is 1. The van der Waals surface area contributed by atoms with Gasteiger partial charge < -0.3 is 15.6 Å². The van der Waals surface area contributed by atoms with Crippen molar-refractivity contribution < 1.29 is 32.7 Å². The molecule has 9 heteroatoms. The number of allylic oxidation sites excluding steroid dienone is 4. The maximum absolute atomic E-state index is 17.0. The molecule has 0 radical (unpaired) electrons. The van der Waals surface area contributed by atoms with Crippen LogP contribution in [0.5, 0.6) is 0 Å². The second kappa shape index (κ2) is 12.8. The van der Waals surface area contributed by atoms with Crippen LogP contribution in [0.3, 0.4) is 0 Å². The van der Waals surface area contributed by atoms with Crippen LogP contribution in [0.15, 0.2) is 23.8 Å². The summed E-state index contributed by atoms with van der Waals surface area (Å²) in [6, 6.07) is -0.887. The number of fused-ring (bicyclic) bond motifs is 5. The quantitative estimate of drug-likeness (QED) is 0.408. The molecule has 0 aromatic carbocycles. The number of hydrogen-bond acceptors (Lipinski definition) is 6. The molecule has 0 aromatic heterocycles. The largest absolute Gasteiger partial charge is 0.400 e. The zero-order chi connectivity index (χ0) is 28.0. The van der Waals surface area contributed by atoms with Crippen LogP contribution in [0, 0.1) is 40.4 Å². The van der Waals surface area contributed by atoms with Gasteiger partial charge in [-0.15, -0.1) is 0 Å². The lowest BCUT2D eigenvalue weighted by Gasteiger charge is -2.62. The van der Waals surface area contributed by atoms with Gasteiger partial charge in [0, 0.05) is 36.8 Å². The van der Waals surface area contributed by atoms with E-state index < -0.39 is 41.3 Å². The standard InChI is InChI=1S/C24H28F3NO2S.C3H6O.CH4O/c1-22-13-20(28)24(27)17(12-19(26)18-11-14(29)7-8-23(18,24)2)15(22)5-6-16(22)21(30)31-10-4-3-9-25;1-2-3-4;1-2/h7-8,11,15-17,19-20H,5-6,9-10,12-13,28H2,1-2H3;3H,2H2,1H3;2H,1H3/t15?,16?,17?,19-,20?,22?,23?,24-;;/m0../s1. The van der Waals surface area contributed by atoms with E-state index in [1.807, 2.05) is 13.8 Å². The summed E-state index contributed by atoms with van der Waals surface area (Å²) in [6.45, 7) is 4.71. The zero-order valence-corrected chi connectivity index (χ0v) is 22.8. The van der Waals surface area contributed by atoms with Gasteiger partial charge in [0.25, 0.3) is 0 Å². The molecular formula is C28H38F3NO4S. The molecular weight excluding hydrogens is 503 g/mol. The highest BCUT2D eigenvalue weighted by atomic mass is 32.2. The number of carbonyl (C=O) groups excluding carboxylic acids is 3. The van der Waals surface area contributed by atoms with Crippen molar-refractivity contribution in [2.45, 2.75) is 70.8 Å². The predicted molar refractivity (Wildman–Crippen MR) is 140 cm³/mol. The molecule has 3 fully saturated rings. The lowest BCUT2D eigenvalue weighted by molar-refractivity contribution is -0.152. The summed E-state index contributed by atoms with van der Waals surface area (Å²) >= 11 is 1.07. The molecule has 0 amide bonds. The van der Waals surface area contributed by atoms with Crippen LogP contribution in [0.25, 0.3) is 0 Å². The number of rotatable bonds is 3. The number of nitrogens with two attached hydrogens (primary N) is 1. The molecule has 0 saturated heterocycles. The van der Waals surface area contributed by atoms with Gasteiger partial charge in [-0.25, -0.2) is 13.2 Å². The Labute approximate surface area is 221 Å². The van der Waals surface area contributed by atoms with Crippen LogP contribution in [0.1, 0.15) is 52.9 Å². The van der Waals surface area contributed by atoms with Gasteiger partial charge in [0.05, 0.1) is 5.75 Å². The number of aliphatic hydroxyl groups is 1. The van der Waals surface area contributed by atoms with Gasteiger partial charge in [-0.05, 0) is 61.7 Å². The lowest BCUT2D eigenvalue weighted by Crippen LogP contribution is -2.70. The summed E-state index contributed by atoms with van der Waals surface area (Å²) in [5.41, 5.74) is 3.01. The van der Waals surface area contributed by atoms with Crippen molar-refractivity contribution in [3.63, 3.8) is 0 Å². The van der Waals surface area contributed by atoms with E-state index in [1.54, 1.807) is 6.92 Å². The first kappa shape index (κ1) is 31.3. The van der Waals surface area contributed by atoms with Gasteiger partial charge >= 0.3 is 0 Å². The molecule has 0 heterocycles. The third kappa shape index (κ3) is 5.48. The maximum Gasteiger partial charge on any atom is 0.193 e.